The van der Waals surface area contributed by atoms with E-state index in [-0.39, 0.29) is 29.7 Å². The van der Waals surface area contributed by atoms with Crippen LogP contribution in [-0.4, -0.2) is 35.9 Å². The van der Waals surface area contributed by atoms with E-state index in [1.165, 1.54) is 0 Å². The molecule has 5 atom stereocenters. The smallest absolute Gasteiger partial charge is 0.338 e. The van der Waals surface area contributed by atoms with Crippen LogP contribution < -0.4 is 0 Å². The standard InChI is InChI=1S/C15H14O5/c1-7-12-9-5-8(14(17)18-9)3-4-11-15(2,20-11)6-10(12)19-13(7)16/h3-5,9-12H,1,6H2,2H3/b4-3-/t9-,10+,11-,12+,15+/m0/s1. The number of hydrogen-bond donors (Lipinski definition) is 0. The van der Waals surface area contributed by atoms with Gasteiger partial charge in [0.15, 0.2) is 0 Å². The molecule has 1 aliphatic carbocycles. The van der Waals surface area contributed by atoms with Gasteiger partial charge >= 0.3 is 11.9 Å². The first-order chi connectivity index (χ1) is 9.48. The molecule has 2 saturated heterocycles. The van der Waals surface area contributed by atoms with Crippen LogP contribution in [0.3, 0.4) is 0 Å². The Morgan fingerprint density at radius 1 is 1.30 bits per heavy atom. The fraction of sp³-hybridized carbons (Fsp3) is 0.467. The third kappa shape index (κ3) is 1.53. The lowest BCUT2D eigenvalue weighted by atomic mass is 9.84. The highest BCUT2D eigenvalue weighted by Gasteiger charge is 2.57. The first kappa shape index (κ1) is 11.9. The number of esters is 2. The van der Waals surface area contributed by atoms with Crippen molar-refractivity contribution < 1.29 is 23.8 Å². The second-order valence-corrected chi connectivity index (χ2v) is 5.90. The molecule has 3 heterocycles. The van der Waals surface area contributed by atoms with Gasteiger partial charge in [-0.2, -0.15) is 0 Å². The summed E-state index contributed by atoms with van der Waals surface area (Å²) in [6, 6.07) is 0. The van der Waals surface area contributed by atoms with E-state index in [1.807, 2.05) is 13.0 Å². The molecule has 4 aliphatic rings. The van der Waals surface area contributed by atoms with Crippen molar-refractivity contribution in [3.8, 4) is 0 Å². The van der Waals surface area contributed by atoms with Crippen molar-refractivity contribution in [1.29, 1.82) is 0 Å². The molecule has 0 amide bonds. The van der Waals surface area contributed by atoms with Crippen molar-refractivity contribution in [2.24, 2.45) is 5.92 Å². The summed E-state index contributed by atoms with van der Waals surface area (Å²) in [6.07, 6.45) is 5.03. The molecule has 0 radical (unpaired) electrons. The van der Waals surface area contributed by atoms with Crippen molar-refractivity contribution in [3.05, 3.63) is 36.0 Å². The highest BCUT2D eigenvalue weighted by atomic mass is 16.6. The quantitative estimate of drug-likeness (QED) is 0.375. The van der Waals surface area contributed by atoms with Crippen LogP contribution >= 0.6 is 0 Å². The third-order valence-corrected chi connectivity index (χ3v) is 4.50. The van der Waals surface area contributed by atoms with Crippen LogP contribution in [0, 0.1) is 5.92 Å². The Morgan fingerprint density at radius 2 is 2.10 bits per heavy atom. The predicted octanol–water partition coefficient (Wildman–Crippen LogP) is 1.05. The molecule has 5 heteroatoms. The molecule has 104 valence electrons. The number of fused-ring (bicyclic) bond motifs is 4. The molecule has 0 N–H and O–H groups in total. The van der Waals surface area contributed by atoms with E-state index in [4.69, 9.17) is 14.2 Å². The van der Waals surface area contributed by atoms with Crippen molar-refractivity contribution in [1.82, 2.24) is 0 Å². The molecular weight excluding hydrogens is 260 g/mol. The van der Waals surface area contributed by atoms with E-state index in [2.05, 4.69) is 6.58 Å². The third-order valence-electron chi connectivity index (χ3n) is 4.50. The summed E-state index contributed by atoms with van der Waals surface area (Å²) in [4.78, 5) is 23.6. The van der Waals surface area contributed by atoms with Gasteiger partial charge in [-0.1, -0.05) is 12.7 Å². The Balaban J connectivity index is 1.77. The summed E-state index contributed by atoms with van der Waals surface area (Å²) in [5.74, 6) is -1.11. The van der Waals surface area contributed by atoms with Crippen molar-refractivity contribution in [2.45, 2.75) is 37.3 Å². The van der Waals surface area contributed by atoms with Crippen LogP contribution in [0.25, 0.3) is 0 Å². The first-order valence-electron chi connectivity index (χ1n) is 6.66. The minimum absolute atomic E-state index is 0.0541. The average Bonchev–Trinajstić information content (AvgIpc) is 2.74. The van der Waals surface area contributed by atoms with Crippen molar-refractivity contribution in [2.75, 3.05) is 0 Å². The van der Waals surface area contributed by atoms with Gasteiger partial charge < -0.3 is 14.2 Å². The first-order valence-corrected chi connectivity index (χ1v) is 6.66. The van der Waals surface area contributed by atoms with Crippen molar-refractivity contribution in [3.63, 3.8) is 0 Å². The van der Waals surface area contributed by atoms with Crippen LogP contribution in [0.2, 0.25) is 0 Å². The lowest BCUT2D eigenvalue weighted by molar-refractivity contribution is -0.142. The molecule has 20 heavy (non-hydrogen) atoms. The fourth-order valence-electron chi connectivity index (χ4n) is 3.25. The van der Waals surface area contributed by atoms with Gasteiger partial charge in [0.25, 0.3) is 0 Å². The summed E-state index contributed by atoms with van der Waals surface area (Å²) in [5, 5.41) is 0. The molecule has 2 bridgehead atoms. The molecule has 4 rings (SSSR count). The molecule has 0 spiro atoms. The van der Waals surface area contributed by atoms with Gasteiger partial charge in [-0.3, -0.25) is 0 Å². The number of carbonyl (C=O) groups is 2. The fourth-order valence-corrected chi connectivity index (χ4v) is 3.25. The molecule has 0 saturated carbocycles. The van der Waals surface area contributed by atoms with E-state index in [0.717, 1.165) is 0 Å². The van der Waals surface area contributed by atoms with Gasteiger partial charge in [0.2, 0.25) is 0 Å². The van der Waals surface area contributed by atoms with Gasteiger partial charge in [-0.25, -0.2) is 9.59 Å². The normalized spacial score (nSPS) is 46.9. The second kappa shape index (κ2) is 3.61. The maximum Gasteiger partial charge on any atom is 0.338 e. The molecule has 2 fully saturated rings. The summed E-state index contributed by atoms with van der Waals surface area (Å²) in [7, 11) is 0. The number of epoxide rings is 1. The van der Waals surface area contributed by atoms with Crippen LogP contribution in [0.15, 0.2) is 36.0 Å². The topological polar surface area (TPSA) is 65.1 Å². The van der Waals surface area contributed by atoms with E-state index in [0.29, 0.717) is 17.6 Å². The Kier molecular flexibility index (Phi) is 2.15. The Labute approximate surface area is 115 Å². The Bertz CT molecular complexity index is 601. The molecule has 0 aromatic heterocycles. The highest BCUT2D eigenvalue weighted by Crippen LogP contribution is 2.47. The number of hydrogen-bond acceptors (Lipinski definition) is 5. The summed E-state index contributed by atoms with van der Waals surface area (Å²) in [6.45, 7) is 5.78. The number of carbonyl (C=O) groups excluding carboxylic acids is 2. The number of rotatable bonds is 0. The minimum Gasteiger partial charge on any atom is -0.458 e. The summed E-state index contributed by atoms with van der Waals surface area (Å²) < 4.78 is 16.4. The van der Waals surface area contributed by atoms with E-state index < -0.39 is 12.1 Å². The molecule has 0 unspecified atom stereocenters. The van der Waals surface area contributed by atoms with E-state index in [9.17, 15) is 9.59 Å². The van der Waals surface area contributed by atoms with E-state index >= 15 is 0 Å². The van der Waals surface area contributed by atoms with Gasteiger partial charge in [0.05, 0.1) is 17.1 Å². The van der Waals surface area contributed by atoms with Crippen molar-refractivity contribution >= 4 is 11.9 Å². The predicted molar refractivity (Wildman–Crippen MR) is 67.5 cm³/mol. The summed E-state index contributed by atoms with van der Waals surface area (Å²) >= 11 is 0. The molecule has 0 aromatic rings. The van der Waals surface area contributed by atoms with Gasteiger partial charge in [-0.05, 0) is 19.1 Å². The lowest BCUT2D eigenvalue weighted by Crippen LogP contribution is -2.32. The van der Waals surface area contributed by atoms with Crippen LogP contribution in [-0.2, 0) is 23.8 Å². The monoisotopic (exact) mass is 274 g/mol. The minimum atomic E-state index is -0.481. The van der Waals surface area contributed by atoms with Crippen LogP contribution in [0.4, 0.5) is 0 Å². The zero-order chi connectivity index (χ0) is 14.1. The van der Waals surface area contributed by atoms with Gasteiger partial charge in [-0.15, -0.1) is 0 Å². The molecule has 0 aromatic carbocycles. The number of ether oxygens (including phenoxy) is 3. The summed E-state index contributed by atoms with van der Waals surface area (Å²) in [5.41, 5.74) is 0.529. The highest BCUT2D eigenvalue weighted by molar-refractivity contribution is 5.95. The van der Waals surface area contributed by atoms with Gasteiger partial charge in [0.1, 0.15) is 18.3 Å². The maximum absolute atomic E-state index is 11.8. The second-order valence-electron chi connectivity index (χ2n) is 5.90. The lowest BCUT2D eigenvalue weighted by Gasteiger charge is -2.23. The molecule has 5 nitrogen and oxygen atoms in total. The van der Waals surface area contributed by atoms with Crippen LogP contribution in [0.5, 0.6) is 0 Å². The average molecular weight is 274 g/mol. The SMILES string of the molecule is C=C1C(=O)O[C@@H]2C[C@@]3(C)O[C@H]3/C=C\C3=C[C@H](OC3=O)[C@@H]12. The Morgan fingerprint density at radius 3 is 2.90 bits per heavy atom. The van der Waals surface area contributed by atoms with E-state index in [1.54, 1.807) is 12.2 Å². The zero-order valence-electron chi connectivity index (χ0n) is 11.0. The van der Waals surface area contributed by atoms with Gasteiger partial charge in [0, 0.05) is 12.0 Å². The molecule has 3 aliphatic heterocycles. The van der Waals surface area contributed by atoms with Crippen LogP contribution in [0.1, 0.15) is 13.3 Å². The maximum atomic E-state index is 11.8. The largest absolute Gasteiger partial charge is 0.458 e. The zero-order valence-corrected chi connectivity index (χ0v) is 11.0. The molecular formula is C15H14O5. The Hall–Kier alpha value is -1.88.